The maximum Gasteiger partial charge on any atom is 0.516 e. The lowest BCUT2D eigenvalue weighted by atomic mass is 9.87. The molecule has 0 aliphatic heterocycles. The molecule has 0 bridgehead atoms. The number of hydrogen-bond acceptors (Lipinski definition) is 4. The molecule has 0 heterocycles. The lowest BCUT2D eigenvalue weighted by molar-refractivity contribution is -0.0429. The number of alkyl halides is 3. The van der Waals surface area contributed by atoms with E-state index < -0.39 is 44.9 Å². The maximum atomic E-state index is 12.7. The number of sulfonamides is 1. The molecular weight excluding hydrogens is 520 g/mol. The first-order valence-electron chi connectivity index (χ1n) is 9.76. The van der Waals surface area contributed by atoms with E-state index in [9.17, 15) is 36.6 Å². The van der Waals surface area contributed by atoms with Crippen LogP contribution >= 0.6 is 23.2 Å². The molecule has 0 aliphatic carbocycles. The Kier molecular flexibility index (Phi) is 8.40. The van der Waals surface area contributed by atoms with E-state index >= 15 is 0 Å². The summed E-state index contributed by atoms with van der Waals surface area (Å²) in [5.41, 5.74) is -6.34. The molecule has 188 valence electrons. The largest absolute Gasteiger partial charge is 0.516 e. The minimum absolute atomic E-state index is 0.0534. The molecule has 0 radical (unpaired) electrons. The van der Waals surface area contributed by atoms with Gasteiger partial charge in [-0.15, -0.1) is 0 Å². The lowest BCUT2D eigenvalue weighted by Gasteiger charge is -2.37. The summed E-state index contributed by atoms with van der Waals surface area (Å²) in [7, 11) is -5.68. The smallest absolute Gasteiger partial charge is 0.465 e. The maximum absolute atomic E-state index is 12.7. The van der Waals surface area contributed by atoms with Gasteiger partial charge in [-0.1, -0.05) is 41.4 Å². The second kappa shape index (κ2) is 10.2. The Morgan fingerprint density at radius 2 is 1.68 bits per heavy atom. The number of anilines is 1. The number of aliphatic hydroxyl groups excluding tert-OH is 1. The van der Waals surface area contributed by atoms with E-state index in [0.29, 0.717) is 5.56 Å². The van der Waals surface area contributed by atoms with E-state index in [0.717, 1.165) is 17.0 Å². The Balaban J connectivity index is 2.52. The molecule has 0 saturated carbocycles. The van der Waals surface area contributed by atoms with Crippen molar-refractivity contribution in [3.05, 3.63) is 63.6 Å². The van der Waals surface area contributed by atoms with E-state index in [1.165, 1.54) is 29.0 Å². The van der Waals surface area contributed by atoms with E-state index in [1.807, 2.05) is 0 Å². The fourth-order valence-corrected chi connectivity index (χ4v) is 4.06. The van der Waals surface area contributed by atoms with Crippen molar-refractivity contribution in [2.24, 2.45) is 0 Å². The molecule has 7 nitrogen and oxygen atoms in total. The standard InChI is InChI=1S/C21H23Cl2F3N2O5S/c1-20(2,3)28(19(30)31)11-15(12-7-8-16(22)17(23)10-12)18(29)13-5-4-6-14(9-13)27-34(32,33)21(24,25)26/h4-10,15,18,27,29H,11H2,1-3H3,(H,30,31). The van der Waals surface area contributed by atoms with E-state index in [1.54, 1.807) is 26.8 Å². The number of carboxylic acid groups (broad SMARTS) is 1. The van der Waals surface area contributed by atoms with Gasteiger partial charge < -0.3 is 15.1 Å². The van der Waals surface area contributed by atoms with Gasteiger partial charge in [-0.2, -0.15) is 21.6 Å². The molecule has 0 fully saturated rings. The van der Waals surface area contributed by atoms with Crippen LogP contribution in [0.5, 0.6) is 0 Å². The highest BCUT2D eigenvalue weighted by molar-refractivity contribution is 7.93. The molecule has 34 heavy (non-hydrogen) atoms. The third-order valence-corrected chi connectivity index (χ3v) is 6.81. The molecule has 13 heteroatoms. The Morgan fingerprint density at radius 3 is 2.18 bits per heavy atom. The van der Waals surface area contributed by atoms with Gasteiger partial charge in [0.05, 0.1) is 16.1 Å². The SMILES string of the molecule is CC(C)(C)N(CC(c1ccc(Cl)c(Cl)c1)C(O)c1cccc(NS(=O)(=O)C(F)(F)F)c1)C(=O)O. The summed E-state index contributed by atoms with van der Waals surface area (Å²) in [5, 5.41) is 21.3. The van der Waals surface area contributed by atoms with Crippen LogP contribution in [0.4, 0.5) is 23.7 Å². The molecule has 2 atom stereocenters. The topological polar surface area (TPSA) is 107 Å². The number of aliphatic hydroxyl groups is 1. The summed E-state index contributed by atoms with van der Waals surface area (Å²) < 4.78 is 62.6. The average molecular weight is 543 g/mol. The Morgan fingerprint density at radius 1 is 1.06 bits per heavy atom. The van der Waals surface area contributed by atoms with Gasteiger partial charge in [0.15, 0.2) is 0 Å². The number of nitrogens with zero attached hydrogens (tertiary/aromatic N) is 1. The molecule has 0 aliphatic rings. The fourth-order valence-electron chi connectivity index (χ4n) is 3.20. The Hall–Kier alpha value is -2.21. The Bertz CT molecular complexity index is 1150. The monoisotopic (exact) mass is 542 g/mol. The quantitative estimate of drug-likeness (QED) is 0.406. The Labute approximate surface area is 205 Å². The molecular formula is C21H23Cl2F3N2O5S. The number of nitrogens with one attached hydrogen (secondary N) is 1. The number of rotatable bonds is 7. The zero-order valence-corrected chi connectivity index (χ0v) is 20.6. The summed E-state index contributed by atoms with van der Waals surface area (Å²) in [4.78, 5) is 13.0. The molecule has 2 unspecified atom stereocenters. The predicted molar refractivity (Wildman–Crippen MR) is 124 cm³/mol. The molecule has 3 N–H and O–H groups in total. The molecule has 2 aromatic rings. The predicted octanol–water partition coefficient (Wildman–Crippen LogP) is 5.85. The van der Waals surface area contributed by atoms with Crippen LogP contribution in [0.1, 0.15) is 43.9 Å². The van der Waals surface area contributed by atoms with Crippen molar-refractivity contribution in [3.8, 4) is 0 Å². The summed E-state index contributed by atoms with van der Waals surface area (Å²) in [6.45, 7) is 4.76. The van der Waals surface area contributed by atoms with Crippen LogP contribution in [-0.2, 0) is 10.0 Å². The zero-order chi connectivity index (χ0) is 26.1. The molecule has 0 spiro atoms. The second-order valence-electron chi connectivity index (χ2n) is 8.47. The minimum atomic E-state index is -5.68. The van der Waals surface area contributed by atoms with Gasteiger partial charge >= 0.3 is 21.6 Å². The van der Waals surface area contributed by atoms with Crippen molar-refractivity contribution in [1.29, 1.82) is 0 Å². The van der Waals surface area contributed by atoms with Gasteiger partial charge in [0, 0.05) is 23.7 Å². The average Bonchev–Trinajstić information content (AvgIpc) is 2.68. The highest BCUT2D eigenvalue weighted by Crippen LogP contribution is 2.37. The highest BCUT2D eigenvalue weighted by atomic mass is 35.5. The zero-order valence-electron chi connectivity index (χ0n) is 18.3. The number of carbonyl (C=O) groups is 1. The lowest BCUT2D eigenvalue weighted by Crippen LogP contribution is -2.47. The third-order valence-electron chi connectivity index (χ3n) is 4.96. The van der Waals surface area contributed by atoms with Crippen molar-refractivity contribution in [3.63, 3.8) is 0 Å². The van der Waals surface area contributed by atoms with Gasteiger partial charge in [-0.25, -0.2) is 4.79 Å². The van der Waals surface area contributed by atoms with Gasteiger partial charge in [0.1, 0.15) is 0 Å². The van der Waals surface area contributed by atoms with Crippen molar-refractivity contribution in [2.45, 2.75) is 43.8 Å². The number of halogens is 5. The van der Waals surface area contributed by atoms with Gasteiger partial charge in [-0.05, 0) is 56.2 Å². The molecule has 0 saturated heterocycles. The van der Waals surface area contributed by atoms with Crippen molar-refractivity contribution < 1.29 is 36.6 Å². The summed E-state index contributed by atoms with van der Waals surface area (Å²) >= 11 is 12.1. The van der Waals surface area contributed by atoms with Crippen LogP contribution in [-0.4, -0.2) is 47.2 Å². The highest BCUT2D eigenvalue weighted by Gasteiger charge is 2.46. The first-order chi connectivity index (χ1) is 15.4. The molecule has 0 aromatic heterocycles. The normalized spacial score (nSPS) is 14.4. The first-order valence-corrected chi connectivity index (χ1v) is 12.0. The second-order valence-corrected chi connectivity index (χ2v) is 11.0. The van der Waals surface area contributed by atoms with Crippen LogP contribution in [0.15, 0.2) is 42.5 Å². The fraction of sp³-hybridized carbons (Fsp3) is 0.381. The van der Waals surface area contributed by atoms with E-state index in [4.69, 9.17) is 23.2 Å². The minimum Gasteiger partial charge on any atom is -0.465 e. The van der Waals surface area contributed by atoms with Crippen molar-refractivity contribution in [1.82, 2.24) is 4.90 Å². The molecule has 1 amide bonds. The van der Waals surface area contributed by atoms with Crippen LogP contribution in [0.3, 0.4) is 0 Å². The van der Waals surface area contributed by atoms with Crippen LogP contribution in [0.25, 0.3) is 0 Å². The van der Waals surface area contributed by atoms with Crippen molar-refractivity contribution in [2.75, 3.05) is 11.3 Å². The van der Waals surface area contributed by atoms with Gasteiger partial charge in [0.25, 0.3) is 0 Å². The number of amides is 1. The summed E-state index contributed by atoms with van der Waals surface area (Å²) in [6, 6.07) is 9.24. The first kappa shape index (κ1) is 28.0. The van der Waals surface area contributed by atoms with E-state index in [2.05, 4.69) is 0 Å². The molecule has 2 rings (SSSR count). The summed E-state index contributed by atoms with van der Waals surface area (Å²) in [5.74, 6) is -0.931. The van der Waals surface area contributed by atoms with Gasteiger partial charge in [-0.3, -0.25) is 4.72 Å². The van der Waals surface area contributed by atoms with Crippen LogP contribution < -0.4 is 4.72 Å². The van der Waals surface area contributed by atoms with Gasteiger partial charge in [0.2, 0.25) is 0 Å². The number of benzene rings is 2. The van der Waals surface area contributed by atoms with Crippen LogP contribution in [0, 0.1) is 0 Å². The summed E-state index contributed by atoms with van der Waals surface area (Å²) in [6.07, 6.45) is -2.70. The van der Waals surface area contributed by atoms with E-state index in [-0.39, 0.29) is 22.2 Å². The van der Waals surface area contributed by atoms with Crippen LogP contribution in [0.2, 0.25) is 10.0 Å². The van der Waals surface area contributed by atoms with Crippen molar-refractivity contribution >= 4 is 45.0 Å². The number of hydrogen-bond donors (Lipinski definition) is 3. The third kappa shape index (κ3) is 6.68. The molecule has 2 aromatic carbocycles.